The minimum Gasteiger partial charge on any atom is -0.487 e. The Morgan fingerprint density at radius 1 is 0.385 bits per heavy atom. The number of aliphatic hydroxyl groups is 8. The zero-order valence-corrected chi connectivity index (χ0v) is 67.8. The first kappa shape index (κ1) is 80.0. The first-order valence-electron chi connectivity index (χ1n) is 40.7. The van der Waals surface area contributed by atoms with Crippen molar-refractivity contribution in [1.82, 2.24) is 64.1 Å². The summed E-state index contributed by atoms with van der Waals surface area (Å²) in [6.07, 6.45) is 14.6. The lowest BCUT2D eigenvalue weighted by Crippen LogP contribution is -2.35. The van der Waals surface area contributed by atoms with Gasteiger partial charge in [-0.1, -0.05) is 22.0 Å². The normalized spacial score (nSPS) is 26.5. The molecule has 4 saturated carbocycles. The lowest BCUT2D eigenvalue weighted by molar-refractivity contribution is -0.0167. The number of aromatic nitrogens is 10. The molecule has 4 fully saturated rings. The quantitative estimate of drug-likeness (QED) is 0.0541. The number of pyridine rings is 4. The SMILES string of the molecule is Cc1cc2c(c(O[C@H]3C[C@@H](n4ccc5c(C)ccnc54)[C@H](O)[C@@H]3O)c1)CNCC2.Cc1ccnc2c1ccn2[C@@H]1C[C@H](Oc2cc(Br)cc3c2CNCC3)[C@@H](O)[C@H]1O.Cc1ccnc2c1ccn2[C@@H]1C[C@H](Oc2cc(F)c(F)c3c2CNCC3)[C@@H](O)[C@H]1O.Cc1ncc(O[C@H]2C[C@@H](n3ccc4c(C)ncnc43)[C@H](O)[C@@H]2O)c2c1CCCC2. The smallest absolute Gasteiger partial charge is 0.162 e. The molecule has 0 amide bonds. The van der Waals surface area contributed by atoms with E-state index < -0.39 is 90.9 Å². The Morgan fingerprint density at radius 2 is 0.786 bits per heavy atom. The number of nitrogens with one attached hydrogen (secondary N) is 3. The van der Waals surface area contributed by atoms with E-state index in [1.807, 2.05) is 125 Å². The van der Waals surface area contributed by atoms with Gasteiger partial charge in [0.05, 0.1) is 36.1 Å². The van der Waals surface area contributed by atoms with E-state index in [2.05, 4.69) is 87.8 Å². The molecular weight excluding hydrogens is 1560 g/mol. The molecule has 5 aliphatic carbocycles. The second-order valence-electron chi connectivity index (χ2n) is 32.7. The van der Waals surface area contributed by atoms with Crippen LogP contribution in [0.1, 0.15) is 141 Å². The Morgan fingerprint density at radius 3 is 1.26 bits per heavy atom. The molecule has 9 aromatic heterocycles. The summed E-state index contributed by atoms with van der Waals surface area (Å²) in [4.78, 5) is 26.6. The van der Waals surface area contributed by atoms with E-state index >= 15 is 0 Å². The highest BCUT2D eigenvalue weighted by atomic mass is 79.9. The van der Waals surface area contributed by atoms with E-state index in [-0.39, 0.29) is 23.9 Å². The topological polar surface area (TPSA) is 332 Å². The van der Waals surface area contributed by atoms with Crippen LogP contribution in [0.3, 0.4) is 0 Å². The molecule has 8 aliphatic rings. The van der Waals surface area contributed by atoms with Crippen LogP contribution in [0.4, 0.5) is 8.78 Å². The molecule has 16 atom stereocenters. The van der Waals surface area contributed by atoms with Crippen molar-refractivity contribution in [3.05, 3.63) is 223 Å². The van der Waals surface area contributed by atoms with Gasteiger partial charge < -0.3 is 94.0 Å². The Hall–Kier alpha value is -9.40. The van der Waals surface area contributed by atoms with Crippen molar-refractivity contribution in [3.8, 4) is 23.0 Å². The summed E-state index contributed by atoms with van der Waals surface area (Å²) >= 11 is 3.57. The third kappa shape index (κ3) is 15.4. The average molecular weight is 1660 g/mol. The summed E-state index contributed by atoms with van der Waals surface area (Å²) in [6.45, 7) is 16.5. The van der Waals surface area contributed by atoms with Crippen LogP contribution in [0.5, 0.6) is 23.0 Å². The van der Waals surface area contributed by atoms with Crippen LogP contribution in [0, 0.1) is 53.2 Å². The lowest BCUT2D eigenvalue weighted by atomic mass is 9.90. The molecule has 28 heteroatoms. The zero-order chi connectivity index (χ0) is 81.4. The van der Waals surface area contributed by atoms with E-state index in [1.165, 1.54) is 35.0 Å². The minimum atomic E-state index is -1.17. The van der Waals surface area contributed by atoms with Crippen LogP contribution in [-0.2, 0) is 51.7 Å². The van der Waals surface area contributed by atoms with Crippen LogP contribution in [0.15, 0.2) is 133 Å². The molecule has 614 valence electrons. The first-order chi connectivity index (χ1) is 56.5. The number of aryl methyl sites for hydroxylation is 6. The molecule has 3 aromatic carbocycles. The van der Waals surface area contributed by atoms with E-state index in [9.17, 15) is 49.6 Å². The maximum Gasteiger partial charge on any atom is 0.162 e. The molecule has 0 radical (unpaired) electrons. The van der Waals surface area contributed by atoms with Gasteiger partial charge in [-0.05, 0) is 206 Å². The van der Waals surface area contributed by atoms with E-state index in [1.54, 1.807) is 24.8 Å². The highest BCUT2D eigenvalue weighted by Gasteiger charge is 2.49. The van der Waals surface area contributed by atoms with Crippen LogP contribution < -0.4 is 34.9 Å². The van der Waals surface area contributed by atoms with Crippen molar-refractivity contribution in [2.45, 2.75) is 229 Å². The molecule has 25 nitrogen and oxygen atoms in total. The van der Waals surface area contributed by atoms with Crippen LogP contribution in [-0.4, -0.2) is 182 Å². The maximum atomic E-state index is 14.2. The number of aliphatic hydroxyl groups excluding tert-OH is 8. The van der Waals surface area contributed by atoms with Crippen molar-refractivity contribution in [2.75, 3.05) is 19.6 Å². The van der Waals surface area contributed by atoms with Crippen LogP contribution in [0.25, 0.3) is 44.1 Å². The monoisotopic (exact) mass is 1660 g/mol. The first-order valence-corrected chi connectivity index (χ1v) is 41.5. The average Bonchev–Trinajstić information content (AvgIpc) is 1.65. The van der Waals surface area contributed by atoms with Gasteiger partial charge in [0, 0.05) is 154 Å². The number of hydrogen-bond donors (Lipinski definition) is 11. The van der Waals surface area contributed by atoms with Gasteiger partial charge in [0.1, 0.15) is 125 Å². The van der Waals surface area contributed by atoms with Gasteiger partial charge in [-0.25, -0.2) is 33.7 Å². The molecule has 0 spiro atoms. The van der Waals surface area contributed by atoms with E-state index in [0.717, 1.165) is 175 Å². The number of rotatable bonds is 12. The second kappa shape index (κ2) is 33.4. The molecular formula is C89H100BrF2N13O12. The Balaban J connectivity index is 0.000000112. The summed E-state index contributed by atoms with van der Waals surface area (Å²) in [6, 6.07) is 21.8. The fraction of sp³-hybridized carbons (Fsp3) is 0.438. The van der Waals surface area contributed by atoms with E-state index in [4.69, 9.17) is 18.9 Å². The zero-order valence-electron chi connectivity index (χ0n) is 66.2. The van der Waals surface area contributed by atoms with Gasteiger partial charge in [-0.15, -0.1) is 0 Å². The second-order valence-corrected chi connectivity index (χ2v) is 33.6. The number of nitrogens with zero attached hydrogens (tertiary/aromatic N) is 10. The van der Waals surface area contributed by atoms with Gasteiger partial charge in [-0.2, -0.15) is 0 Å². The van der Waals surface area contributed by atoms with Crippen molar-refractivity contribution in [2.24, 2.45) is 0 Å². The largest absolute Gasteiger partial charge is 0.487 e. The molecule has 12 aromatic rings. The van der Waals surface area contributed by atoms with Gasteiger partial charge in [0.25, 0.3) is 0 Å². The third-order valence-electron chi connectivity index (χ3n) is 25.4. The van der Waals surface area contributed by atoms with Crippen molar-refractivity contribution >= 4 is 60.1 Å². The Labute approximate surface area is 683 Å². The number of fused-ring (bicyclic) bond motifs is 8. The van der Waals surface area contributed by atoms with E-state index in [0.29, 0.717) is 56.3 Å². The highest BCUT2D eigenvalue weighted by Crippen LogP contribution is 2.45. The molecule has 117 heavy (non-hydrogen) atoms. The molecule has 0 saturated heterocycles. The number of halogens is 3. The number of hydrogen-bond acceptors (Lipinski definition) is 21. The van der Waals surface area contributed by atoms with Gasteiger partial charge in [-0.3, -0.25) is 4.98 Å². The van der Waals surface area contributed by atoms with Gasteiger partial charge in [0.15, 0.2) is 11.6 Å². The standard InChI is InChI=1S/C23H27N3O3.C22H24BrN3O3.C22H23F2N3O3.C22H26N4O3/c1-13-9-15-4-6-24-12-17(15)19(10-13)29-20-11-18(21(27)22(20)28)26-8-5-16-14(2)3-7-25-23(16)26;1-12-2-6-25-22-15(12)4-7-26(22)17-10-19(21(28)20(17)27)29-18-9-14(23)8-13-3-5-24-11-16(13)18;1-11-2-6-26-22-12(11)4-7-27(22)16-9-18(21(29)20(16)28)30-17-8-15(23)19(24)13-3-5-25-10-14(13)17;1-12-14-5-3-4-6-16(14)19(10-23-12)29-18-9-17(20(27)21(18)28)26-8-7-15-13(2)24-11-25-22(15)26/h3,5,7-10,18,20-22,24,27-28H,4,6,11-12H2,1-2H3;2,4,6-9,17,19-21,24,27-28H,3,5,10-11H2,1H3;2,4,6-8,16,18,20-21,25,28-29H,3,5,9-10H2,1H3;7-8,10-11,17-18,20-21,27-28H,3-6,9H2,1-2H3/t18-,20+,21+,22-;17-,19+,20+,21-;16-,18+,20+,21-;17-,18+,20+,21-/m1111/s1. The lowest BCUT2D eigenvalue weighted by Gasteiger charge is -2.25. The van der Waals surface area contributed by atoms with Crippen LogP contribution >= 0.6 is 15.9 Å². The molecule has 11 N–H and O–H groups in total. The Kier molecular flexibility index (Phi) is 22.9. The Bertz CT molecular complexity index is 5510. The van der Waals surface area contributed by atoms with Crippen molar-refractivity contribution in [3.63, 3.8) is 0 Å². The highest BCUT2D eigenvalue weighted by molar-refractivity contribution is 9.10. The minimum absolute atomic E-state index is 0.208. The predicted molar refractivity (Wildman–Crippen MR) is 440 cm³/mol. The molecule has 0 unspecified atom stereocenters. The molecule has 0 bridgehead atoms. The third-order valence-corrected chi connectivity index (χ3v) is 25.9. The summed E-state index contributed by atoms with van der Waals surface area (Å²) in [5.74, 6) is 0.729. The summed E-state index contributed by atoms with van der Waals surface area (Å²) in [5.41, 5.74) is 17.8. The molecule has 12 heterocycles. The molecule has 3 aliphatic heterocycles. The molecule has 20 rings (SSSR count). The predicted octanol–water partition coefficient (Wildman–Crippen LogP) is 10.1. The number of benzene rings is 3. The van der Waals surface area contributed by atoms with Gasteiger partial charge in [0.2, 0.25) is 0 Å². The number of ether oxygens (including phenoxy) is 4. The van der Waals surface area contributed by atoms with Crippen LogP contribution in [0.2, 0.25) is 0 Å². The van der Waals surface area contributed by atoms with Crippen molar-refractivity contribution < 1.29 is 68.6 Å². The summed E-state index contributed by atoms with van der Waals surface area (Å²) in [7, 11) is 0. The fourth-order valence-corrected chi connectivity index (χ4v) is 19.4. The summed E-state index contributed by atoms with van der Waals surface area (Å²) < 4.78 is 61.8. The summed E-state index contributed by atoms with van der Waals surface area (Å²) in [5, 5.41) is 100.0. The fourth-order valence-electron chi connectivity index (χ4n) is 19.0. The van der Waals surface area contributed by atoms with Gasteiger partial charge >= 0.3 is 0 Å². The van der Waals surface area contributed by atoms with Crippen molar-refractivity contribution in [1.29, 1.82) is 0 Å². The maximum absolute atomic E-state index is 14.2.